The molecule has 5 heteroatoms. The molecule has 138 valence electrons. The fourth-order valence-corrected chi connectivity index (χ4v) is 3.14. The summed E-state index contributed by atoms with van der Waals surface area (Å²) in [5.74, 6) is -0.561. The molecule has 0 atom stereocenters. The highest BCUT2D eigenvalue weighted by Crippen LogP contribution is 2.35. The number of H-pyrrole nitrogens is 1. The standard InChI is InChI=1S/C23H18N2O3/c26-21-15-16(11-12-19(21)23(27)28)20-13-14-22(24-20)25(17-7-3-1-4-8-17)18-9-5-2-6-10-18/h1-15,24,26H,(H,27,28). The number of hydrogen-bond donors (Lipinski definition) is 3. The van der Waals surface area contributed by atoms with Gasteiger partial charge >= 0.3 is 5.97 Å². The van der Waals surface area contributed by atoms with Gasteiger partial charge in [-0.2, -0.15) is 0 Å². The van der Waals surface area contributed by atoms with Crippen molar-refractivity contribution in [3.05, 3.63) is 96.6 Å². The molecule has 0 spiro atoms. The Bertz CT molecular complexity index is 1070. The minimum absolute atomic E-state index is 0.120. The number of nitrogens with one attached hydrogen (secondary N) is 1. The van der Waals surface area contributed by atoms with Crippen LogP contribution in [0.15, 0.2) is 91.0 Å². The lowest BCUT2D eigenvalue weighted by atomic mass is 10.1. The lowest BCUT2D eigenvalue weighted by Crippen LogP contribution is -2.09. The van der Waals surface area contributed by atoms with E-state index in [2.05, 4.69) is 9.88 Å². The van der Waals surface area contributed by atoms with Crippen LogP contribution in [-0.2, 0) is 0 Å². The predicted molar refractivity (Wildman–Crippen MR) is 110 cm³/mol. The van der Waals surface area contributed by atoms with Crippen LogP contribution in [0.5, 0.6) is 5.75 Å². The van der Waals surface area contributed by atoms with Gasteiger partial charge in [-0.3, -0.25) is 4.90 Å². The molecule has 1 aromatic heterocycles. The van der Waals surface area contributed by atoms with E-state index < -0.39 is 5.97 Å². The number of nitrogens with zero attached hydrogens (tertiary/aromatic N) is 1. The molecule has 3 N–H and O–H groups in total. The second-order valence-electron chi connectivity index (χ2n) is 6.30. The minimum atomic E-state index is -1.16. The lowest BCUT2D eigenvalue weighted by Gasteiger charge is -2.23. The average molecular weight is 370 g/mol. The first-order chi connectivity index (χ1) is 13.6. The van der Waals surface area contributed by atoms with Gasteiger partial charge in [-0.05, 0) is 48.5 Å². The number of anilines is 3. The van der Waals surface area contributed by atoms with Crippen LogP contribution in [-0.4, -0.2) is 21.2 Å². The van der Waals surface area contributed by atoms with E-state index in [1.165, 1.54) is 12.1 Å². The third-order valence-electron chi connectivity index (χ3n) is 4.48. The molecule has 3 aromatic carbocycles. The van der Waals surface area contributed by atoms with Crippen molar-refractivity contribution in [2.75, 3.05) is 4.90 Å². The van der Waals surface area contributed by atoms with Gasteiger partial charge in [0.15, 0.2) is 0 Å². The number of rotatable bonds is 5. The summed E-state index contributed by atoms with van der Waals surface area (Å²) in [6.45, 7) is 0. The summed E-state index contributed by atoms with van der Waals surface area (Å²) in [6.07, 6.45) is 0. The molecule has 28 heavy (non-hydrogen) atoms. The number of hydrogen-bond acceptors (Lipinski definition) is 3. The number of aromatic hydroxyl groups is 1. The zero-order valence-corrected chi connectivity index (χ0v) is 14.9. The van der Waals surface area contributed by atoms with E-state index in [1.54, 1.807) is 6.07 Å². The Morgan fingerprint density at radius 3 is 1.93 bits per heavy atom. The zero-order chi connectivity index (χ0) is 19.5. The Balaban J connectivity index is 1.75. The molecule has 0 amide bonds. The summed E-state index contributed by atoms with van der Waals surface area (Å²) < 4.78 is 0. The number of carboxylic acids is 1. The van der Waals surface area contributed by atoms with Crippen molar-refractivity contribution in [2.45, 2.75) is 0 Å². The number of carbonyl (C=O) groups is 1. The number of aromatic amines is 1. The maximum absolute atomic E-state index is 11.1. The minimum Gasteiger partial charge on any atom is -0.507 e. The third kappa shape index (κ3) is 3.33. The monoisotopic (exact) mass is 370 g/mol. The molecular formula is C23H18N2O3. The molecule has 0 fully saturated rings. The van der Waals surface area contributed by atoms with Gasteiger partial charge in [0.05, 0.1) is 0 Å². The van der Waals surface area contributed by atoms with E-state index in [0.717, 1.165) is 22.9 Å². The fraction of sp³-hybridized carbons (Fsp3) is 0. The highest BCUT2D eigenvalue weighted by Gasteiger charge is 2.15. The summed E-state index contributed by atoms with van der Waals surface area (Å²) in [4.78, 5) is 16.6. The molecule has 4 aromatic rings. The molecule has 0 aliphatic heterocycles. The lowest BCUT2D eigenvalue weighted by molar-refractivity contribution is 0.0694. The van der Waals surface area contributed by atoms with Crippen LogP contribution < -0.4 is 4.90 Å². The summed E-state index contributed by atoms with van der Waals surface area (Å²) in [5.41, 5.74) is 3.37. The molecule has 0 bridgehead atoms. The van der Waals surface area contributed by atoms with Gasteiger partial charge in [0.1, 0.15) is 17.1 Å². The van der Waals surface area contributed by atoms with Crippen LogP contribution in [0.4, 0.5) is 17.2 Å². The molecule has 0 aliphatic rings. The second-order valence-corrected chi connectivity index (χ2v) is 6.30. The Morgan fingerprint density at radius 2 is 1.39 bits per heavy atom. The van der Waals surface area contributed by atoms with Gasteiger partial charge in [-0.15, -0.1) is 0 Å². The highest BCUT2D eigenvalue weighted by molar-refractivity contribution is 5.91. The van der Waals surface area contributed by atoms with Gasteiger partial charge in [0.2, 0.25) is 0 Å². The van der Waals surface area contributed by atoms with Gasteiger partial charge in [0, 0.05) is 22.6 Å². The zero-order valence-electron chi connectivity index (χ0n) is 14.9. The van der Waals surface area contributed by atoms with Crippen LogP contribution in [0, 0.1) is 0 Å². The maximum atomic E-state index is 11.1. The molecule has 0 radical (unpaired) electrons. The number of benzene rings is 3. The van der Waals surface area contributed by atoms with Gasteiger partial charge in [-0.1, -0.05) is 42.5 Å². The van der Waals surface area contributed by atoms with Crippen LogP contribution in [0.25, 0.3) is 11.3 Å². The highest BCUT2D eigenvalue weighted by atomic mass is 16.4. The van der Waals surface area contributed by atoms with Gasteiger partial charge in [0.25, 0.3) is 0 Å². The summed E-state index contributed by atoms with van der Waals surface area (Å²) in [7, 11) is 0. The molecular weight excluding hydrogens is 352 g/mol. The molecule has 0 saturated heterocycles. The summed E-state index contributed by atoms with van der Waals surface area (Å²) in [6, 6.07) is 28.4. The van der Waals surface area contributed by atoms with Crippen LogP contribution in [0.3, 0.4) is 0 Å². The first kappa shape index (κ1) is 17.4. The Hall–Kier alpha value is -3.99. The molecule has 5 nitrogen and oxygen atoms in total. The van der Waals surface area contributed by atoms with Gasteiger partial charge < -0.3 is 15.2 Å². The molecule has 0 saturated carbocycles. The van der Waals surface area contributed by atoms with Crippen LogP contribution in [0.1, 0.15) is 10.4 Å². The third-order valence-corrected chi connectivity index (χ3v) is 4.48. The number of aromatic carboxylic acids is 1. The normalized spacial score (nSPS) is 10.6. The topological polar surface area (TPSA) is 76.6 Å². The quantitative estimate of drug-likeness (QED) is 0.430. The number of para-hydroxylation sites is 2. The Morgan fingerprint density at radius 1 is 0.786 bits per heavy atom. The van der Waals surface area contributed by atoms with Crippen molar-refractivity contribution in [1.29, 1.82) is 0 Å². The second kappa shape index (κ2) is 7.32. The van der Waals surface area contributed by atoms with E-state index in [4.69, 9.17) is 5.11 Å². The fourth-order valence-electron chi connectivity index (χ4n) is 3.14. The molecule has 0 unspecified atom stereocenters. The van der Waals surface area contributed by atoms with E-state index in [0.29, 0.717) is 5.56 Å². The largest absolute Gasteiger partial charge is 0.507 e. The van der Waals surface area contributed by atoms with Crippen molar-refractivity contribution in [2.24, 2.45) is 0 Å². The first-order valence-electron chi connectivity index (χ1n) is 8.79. The van der Waals surface area contributed by atoms with Gasteiger partial charge in [-0.25, -0.2) is 4.79 Å². The number of phenols is 1. The SMILES string of the molecule is O=C(O)c1ccc(-c2ccc(N(c3ccccc3)c3ccccc3)[nH]2)cc1O. The van der Waals surface area contributed by atoms with E-state index >= 15 is 0 Å². The summed E-state index contributed by atoms with van der Waals surface area (Å²) in [5, 5.41) is 19.1. The molecule has 1 heterocycles. The van der Waals surface area contributed by atoms with Crippen molar-refractivity contribution in [3.63, 3.8) is 0 Å². The van der Waals surface area contributed by atoms with Crippen molar-refractivity contribution < 1.29 is 15.0 Å². The number of aromatic nitrogens is 1. The van der Waals surface area contributed by atoms with Crippen molar-refractivity contribution in [3.8, 4) is 17.0 Å². The number of carboxylic acid groups (broad SMARTS) is 1. The van der Waals surface area contributed by atoms with E-state index in [-0.39, 0.29) is 11.3 Å². The Kier molecular flexibility index (Phi) is 4.56. The molecule has 4 rings (SSSR count). The van der Waals surface area contributed by atoms with E-state index in [1.807, 2.05) is 72.8 Å². The van der Waals surface area contributed by atoms with Crippen LogP contribution >= 0.6 is 0 Å². The van der Waals surface area contributed by atoms with E-state index in [9.17, 15) is 9.90 Å². The smallest absolute Gasteiger partial charge is 0.339 e. The molecule has 0 aliphatic carbocycles. The maximum Gasteiger partial charge on any atom is 0.339 e. The van der Waals surface area contributed by atoms with Crippen LogP contribution in [0.2, 0.25) is 0 Å². The van der Waals surface area contributed by atoms with Crippen molar-refractivity contribution >= 4 is 23.2 Å². The van der Waals surface area contributed by atoms with Crippen molar-refractivity contribution in [1.82, 2.24) is 4.98 Å². The summed E-state index contributed by atoms with van der Waals surface area (Å²) >= 11 is 0. The predicted octanol–water partition coefficient (Wildman–Crippen LogP) is 5.56. The average Bonchev–Trinajstić information content (AvgIpc) is 3.19. The first-order valence-corrected chi connectivity index (χ1v) is 8.79. The Labute approximate surface area is 162 Å².